The number of hydrogen-bond acceptors (Lipinski definition) is 2. The lowest BCUT2D eigenvalue weighted by Crippen LogP contribution is -2.35. The first-order valence-corrected chi connectivity index (χ1v) is 8.22. The van der Waals surface area contributed by atoms with Crippen LogP contribution in [0.1, 0.15) is 32.1 Å². The van der Waals surface area contributed by atoms with Crippen LogP contribution in [-0.4, -0.2) is 15.0 Å². The van der Waals surface area contributed by atoms with Gasteiger partial charge in [0.2, 0.25) is 10.0 Å². The molecule has 1 aliphatic rings. The van der Waals surface area contributed by atoms with Crippen LogP contribution in [0.3, 0.4) is 0 Å². The maximum Gasteiger partial charge on any atom is 0.240 e. The summed E-state index contributed by atoms with van der Waals surface area (Å²) in [4.78, 5) is 0.335. The van der Waals surface area contributed by atoms with Crippen LogP contribution in [0.5, 0.6) is 0 Å². The second kappa shape index (κ2) is 5.88. The Morgan fingerprint density at radius 3 is 2.42 bits per heavy atom. The fourth-order valence-corrected chi connectivity index (χ4v) is 3.99. The highest BCUT2D eigenvalue weighted by Crippen LogP contribution is 2.41. The van der Waals surface area contributed by atoms with Gasteiger partial charge in [0, 0.05) is 6.54 Å². The average Bonchev–Trinajstić information content (AvgIpc) is 2.87. The zero-order chi connectivity index (χ0) is 13.8. The number of sulfonamides is 1. The number of benzene rings is 1. The molecule has 0 bridgehead atoms. The second-order valence-electron chi connectivity index (χ2n) is 5.34. The molecule has 0 radical (unpaired) electrons. The maximum atomic E-state index is 12.2. The molecule has 0 amide bonds. The molecule has 1 aromatic rings. The van der Waals surface area contributed by atoms with Crippen LogP contribution in [-0.2, 0) is 10.0 Å². The molecule has 4 heteroatoms. The lowest BCUT2D eigenvalue weighted by Gasteiger charge is -2.27. The number of allylic oxidation sites excluding steroid dienone is 1. The molecule has 0 spiro atoms. The first-order valence-electron chi connectivity index (χ1n) is 6.74. The van der Waals surface area contributed by atoms with Crippen molar-refractivity contribution in [1.29, 1.82) is 0 Å². The summed E-state index contributed by atoms with van der Waals surface area (Å²) in [5, 5.41) is 0. The molecular formula is C15H21NO2S. The van der Waals surface area contributed by atoms with Gasteiger partial charge in [0.1, 0.15) is 0 Å². The van der Waals surface area contributed by atoms with E-state index in [0.717, 1.165) is 19.3 Å². The first kappa shape index (κ1) is 14.3. The Morgan fingerprint density at radius 2 is 1.84 bits per heavy atom. The van der Waals surface area contributed by atoms with E-state index >= 15 is 0 Å². The Hall–Kier alpha value is -1.13. The SMILES string of the molecule is C=CCC1(CNS(=O)(=O)c2ccccc2)CCCC1. The van der Waals surface area contributed by atoms with Crippen LogP contribution in [0.4, 0.5) is 0 Å². The van der Waals surface area contributed by atoms with Crippen LogP contribution in [0.15, 0.2) is 47.9 Å². The van der Waals surface area contributed by atoms with Gasteiger partial charge in [0.25, 0.3) is 0 Å². The van der Waals surface area contributed by atoms with Crippen molar-refractivity contribution in [3.05, 3.63) is 43.0 Å². The maximum absolute atomic E-state index is 12.2. The van der Waals surface area contributed by atoms with Gasteiger partial charge in [-0.3, -0.25) is 0 Å². The van der Waals surface area contributed by atoms with Crippen molar-refractivity contribution in [2.75, 3.05) is 6.54 Å². The molecule has 0 heterocycles. The molecule has 0 aromatic heterocycles. The fourth-order valence-electron chi connectivity index (χ4n) is 2.82. The molecule has 0 atom stereocenters. The van der Waals surface area contributed by atoms with Crippen molar-refractivity contribution in [3.63, 3.8) is 0 Å². The summed E-state index contributed by atoms with van der Waals surface area (Å²) in [6, 6.07) is 8.54. The van der Waals surface area contributed by atoms with E-state index in [4.69, 9.17) is 0 Å². The van der Waals surface area contributed by atoms with E-state index in [1.165, 1.54) is 12.8 Å². The molecule has 1 aliphatic carbocycles. The van der Waals surface area contributed by atoms with Crippen molar-refractivity contribution in [1.82, 2.24) is 4.72 Å². The molecule has 0 saturated heterocycles. The third-order valence-corrected chi connectivity index (χ3v) is 5.35. The van der Waals surface area contributed by atoms with Gasteiger partial charge in [0.15, 0.2) is 0 Å². The molecule has 0 aliphatic heterocycles. The number of rotatable bonds is 6. The zero-order valence-corrected chi connectivity index (χ0v) is 12.0. The molecule has 104 valence electrons. The van der Waals surface area contributed by atoms with E-state index in [1.54, 1.807) is 24.3 Å². The smallest absolute Gasteiger partial charge is 0.211 e. The third-order valence-electron chi connectivity index (χ3n) is 3.93. The quantitative estimate of drug-likeness (QED) is 0.813. The summed E-state index contributed by atoms with van der Waals surface area (Å²) < 4.78 is 27.2. The van der Waals surface area contributed by atoms with E-state index in [2.05, 4.69) is 11.3 Å². The molecule has 19 heavy (non-hydrogen) atoms. The molecule has 2 rings (SSSR count). The summed E-state index contributed by atoms with van der Waals surface area (Å²) in [6.07, 6.45) is 7.31. The molecule has 1 fully saturated rings. The fraction of sp³-hybridized carbons (Fsp3) is 0.467. The zero-order valence-electron chi connectivity index (χ0n) is 11.1. The molecule has 1 saturated carbocycles. The number of nitrogens with one attached hydrogen (secondary N) is 1. The van der Waals surface area contributed by atoms with E-state index in [-0.39, 0.29) is 5.41 Å². The summed E-state index contributed by atoms with van der Waals surface area (Å²) in [5.74, 6) is 0. The van der Waals surface area contributed by atoms with Crippen LogP contribution >= 0.6 is 0 Å². The Morgan fingerprint density at radius 1 is 1.21 bits per heavy atom. The Kier molecular flexibility index (Phi) is 4.42. The number of hydrogen-bond donors (Lipinski definition) is 1. The molecule has 1 N–H and O–H groups in total. The second-order valence-corrected chi connectivity index (χ2v) is 7.10. The summed E-state index contributed by atoms with van der Waals surface area (Å²) in [5.41, 5.74) is 0.0730. The van der Waals surface area contributed by atoms with Crippen molar-refractivity contribution in [2.24, 2.45) is 5.41 Å². The largest absolute Gasteiger partial charge is 0.240 e. The van der Waals surface area contributed by atoms with Gasteiger partial charge in [-0.15, -0.1) is 6.58 Å². The van der Waals surface area contributed by atoms with Gasteiger partial charge in [-0.1, -0.05) is 37.1 Å². The van der Waals surface area contributed by atoms with E-state index in [0.29, 0.717) is 11.4 Å². The van der Waals surface area contributed by atoms with E-state index in [9.17, 15) is 8.42 Å². The summed E-state index contributed by atoms with van der Waals surface area (Å²) in [6.45, 7) is 4.30. The lowest BCUT2D eigenvalue weighted by molar-refractivity contribution is 0.301. The van der Waals surface area contributed by atoms with Crippen molar-refractivity contribution >= 4 is 10.0 Å². The van der Waals surface area contributed by atoms with Crippen LogP contribution < -0.4 is 4.72 Å². The minimum Gasteiger partial charge on any atom is -0.211 e. The predicted molar refractivity (Wildman–Crippen MR) is 77.3 cm³/mol. The lowest BCUT2D eigenvalue weighted by atomic mass is 9.83. The average molecular weight is 279 g/mol. The Bertz CT molecular complexity index is 516. The van der Waals surface area contributed by atoms with E-state index in [1.807, 2.05) is 12.1 Å². The van der Waals surface area contributed by atoms with Gasteiger partial charge in [-0.05, 0) is 36.8 Å². The highest BCUT2D eigenvalue weighted by Gasteiger charge is 2.33. The van der Waals surface area contributed by atoms with Gasteiger partial charge >= 0.3 is 0 Å². The normalized spacial score (nSPS) is 18.3. The minimum atomic E-state index is -3.39. The molecule has 1 aromatic carbocycles. The first-order chi connectivity index (χ1) is 9.08. The third kappa shape index (κ3) is 3.45. The Balaban J connectivity index is 2.07. The standard InChI is InChI=1S/C15H21NO2S/c1-2-10-15(11-6-7-12-15)13-16-19(17,18)14-8-4-3-5-9-14/h2-5,8-9,16H,1,6-7,10-13H2. The van der Waals surface area contributed by atoms with Crippen molar-refractivity contribution in [3.8, 4) is 0 Å². The van der Waals surface area contributed by atoms with Gasteiger partial charge in [-0.25, -0.2) is 13.1 Å². The highest BCUT2D eigenvalue weighted by atomic mass is 32.2. The monoisotopic (exact) mass is 279 g/mol. The van der Waals surface area contributed by atoms with E-state index < -0.39 is 10.0 Å². The topological polar surface area (TPSA) is 46.2 Å². The molecular weight excluding hydrogens is 258 g/mol. The van der Waals surface area contributed by atoms with Gasteiger partial charge in [-0.2, -0.15) is 0 Å². The van der Waals surface area contributed by atoms with Gasteiger partial charge < -0.3 is 0 Å². The summed E-state index contributed by atoms with van der Waals surface area (Å²) in [7, 11) is -3.39. The summed E-state index contributed by atoms with van der Waals surface area (Å²) >= 11 is 0. The van der Waals surface area contributed by atoms with Crippen LogP contribution in [0, 0.1) is 5.41 Å². The Labute approximate surface area is 115 Å². The minimum absolute atomic E-state index is 0.0730. The molecule has 0 unspecified atom stereocenters. The molecule has 3 nitrogen and oxygen atoms in total. The van der Waals surface area contributed by atoms with Crippen molar-refractivity contribution in [2.45, 2.75) is 37.0 Å². The predicted octanol–water partition coefficient (Wildman–Crippen LogP) is 3.10. The van der Waals surface area contributed by atoms with Crippen molar-refractivity contribution < 1.29 is 8.42 Å². The van der Waals surface area contributed by atoms with Crippen LogP contribution in [0.2, 0.25) is 0 Å². The van der Waals surface area contributed by atoms with Crippen LogP contribution in [0.25, 0.3) is 0 Å². The highest BCUT2D eigenvalue weighted by molar-refractivity contribution is 7.89. The van der Waals surface area contributed by atoms with Gasteiger partial charge in [0.05, 0.1) is 4.90 Å².